The van der Waals surface area contributed by atoms with Crippen LogP contribution in [-0.2, 0) is 34.5 Å². The third-order valence-corrected chi connectivity index (χ3v) is 8.48. The number of aliphatic hydroxyl groups excluding tert-OH is 1. The van der Waals surface area contributed by atoms with Gasteiger partial charge in [0.15, 0.2) is 23.8 Å². The van der Waals surface area contributed by atoms with E-state index in [0.717, 1.165) is 41.8 Å². The first-order chi connectivity index (χ1) is 21.7. The number of hydrogen-bond donors (Lipinski definition) is 5. The molecule has 3 aliphatic heterocycles. The molecule has 0 saturated carbocycles. The van der Waals surface area contributed by atoms with E-state index in [2.05, 4.69) is 34.8 Å². The summed E-state index contributed by atoms with van der Waals surface area (Å²) in [7, 11) is -4.89. The van der Waals surface area contributed by atoms with E-state index in [-0.39, 0.29) is 29.8 Å². The minimum atomic E-state index is -4.89. The maximum absolute atomic E-state index is 12.9. The summed E-state index contributed by atoms with van der Waals surface area (Å²) in [5.41, 5.74) is 8.24. The highest BCUT2D eigenvalue weighted by atomic mass is 31.2. The fourth-order valence-corrected chi connectivity index (χ4v) is 6.28. The molecule has 4 aromatic rings. The van der Waals surface area contributed by atoms with Crippen LogP contribution in [0.2, 0.25) is 0 Å². The average molecular weight is 648 g/mol. The molecule has 0 bridgehead atoms. The normalized spacial score (nSPS) is 26.6. The van der Waals surface area contributed by atoms with Crippen LogP contribution in [0.4, 0.5) is 16.4 Å². The molecule has 0 aromatic carbocycles. The first-order valence-corrected chi connectivity index (χ1v) is 15.7. The Kier molecular flexibility index (Phi) is 7.76. The number of carbonyl (C=O) groups is 1. The van der Waals surface area contributed by atoms with Crippen LogP contribution in [0.3, 0.4) is 0 Å². The zero-order chi connectivity index (χ0) is 31.3. The fraction of sp³-hybridized carbons (Fsp3) is 0.520. The third-order valence-electron chi connectivity index (χ3n) is 8.00. The van der Waals surface area contributed by atoms with Crippen LogP contribution >= 0.6 is 7.82 Å². The number of hydrogen-bond acceptors (Lipinski definition) is 15. The van der Waals surface area contributed by atoms with Crippen LogP contribution in [0.25, 0.3) is 22.2 Å². The van der Waals surface area contributed by atoms with E-state index >= 15 is 0 Å². The predicted molar refractivity (Wildman–Crippen MR) is 151 cm³/mol. The largest absolute Gasteiger partial charge is 0.508 e. The third kappa shape index (κ3) is 5.79. The Labute approximate surface area is 253 Å². The number of ether oxygens (including phenoxy) is 4. The van der Waals surface area contributed by atoms with Gasteiger partial charge in [0.25, 0.3) is 0 Å². The molecule has 20 heteroatoms. The molecular formula is C25H30N9O10P. The number of fused-ring (bicyclic) bond motifs is 1. The van der Waals surface area contributed by atoms with Crippen LogP contribution in [-0.4, -0.2) is 99.3 Å². The van der Waals surface area contributed by atoms with Gasteiger partial charge in [-0.05, 0) is 31.2 Å². The van der Waals surface area contributed by atoms with E-state index in [1.165, 1.54) is 23.5 Å². The van der Waals surface area contributed by atoms with Gasteiger partial charge < -0.3 is 49.5 Å². The van der Waals surface area contributed by atoms with Crippen molar-refractivity contribution < 1.29 is 47.7 Å². The topological polar surface area (TPSA) is 253 Å². The van der Waals surface area contributed by atoms with E-state index in [1.807, 2.05) is 10.8 Å². The van der Waals surface area contributed by atoms with E-state index in [0.29, 0.717) is 12.8 Å². The molecule has 0 aliphatic carbocycles. The maximum Gasteiger partial charge on any atom is 0.508 e. The summed E-state index contributed by atoms with van der Waals surface area (Å²) in [5, 5.41) is 15.3. The summed E-state index contributed by atoms with van der Waals surface area (Å²) < 4.78 is 42.0. The zero-order valence-electron chi connectivity index (χ0n) is 23.6. The molecule has 4 aromatic heterocycles. The number of imidazole rings is 1. The number of anilines is 2. The van der Waals surface area contributed by atoms with Gasteiger partial charge in [-0.25, -0.2) is 34.3 Å². The fourth-order valence-electron chi connectivity index (χ4n) is 5.94. The number of aliphatic hydroxyl groups is 1. The second-order valence-electron chi connectivity index (χ2n) is 10.9. The average Bonchev–Trinajstić information content (AvgIpc) is 3.76. The maximum atomic E-state index is 12.9. The Morgan fingerprint density at radius 1 is 1.09 bits per heavy atom. The Bertz CT molecular complexity index is 1780. The van der Waals surface area contributed by atoms with Crippen LogP contribution < -0.4 is 11.1 Å². The van der Waals surface area contributed by atoms with E-state index in [4.69, 9.17) is 34.5 Å². The van der Waals surface area contributed by atoms with Gasteiger partial charge in [-0.2, -0.15) is 0 Å². The summed E-state index contributed by atoms with van der Waals surface area (Å²) in [6, 6.07) is 0. The van der Waals surface area contributed by atoms with Gasteiger partial charge in [0.1, 0.15) is 54.7 Å². The number of phosphoric ester groups is 1. The van der Waals surface area contributed by atoms with Crippen molar-refractivity contribution in [3.8, 4) is 0 Å². The SMILES string of the molecule is Nc1ncnc2c1ncn2[C@@H]1O[C@H](COP(=O)(O)O)[C@@H](O)[C@H]1OC(=O)OC[C@@H]1CC[C@H](n2cc3c4c(ncnc42)NCCC3)O1. The Balaban J connectivity index is 1.03. The van der Waals surface area contributed by atoms with Crippen molar-refractivity contribution >= 4 is 47.8 Å². The van der Waals surface area contributed by atoms with Crippen molar-refractivity contribution in [1.82, 2.24) is 34.1 Å². The summed E-state index contributed by atoms with van der Waals surface area (Å²) >= 11 is 0. The number of nitrogen functional groups attached to an aromatic ring is 1. The second-order valence-corrected chi connectivity index (χ2v) is 12.1. The van der Waals surface area contributed by atoms with Crippen LogP contribution in [0.5, 0.6) is 0 Å². The van der Waals surface area contributed by atoms with Crippen molar-refractivity contribution in [3.63, 3.8) is 0 Å². The quantitative estimate of drug-likeness (QED) is 0.131. The predicted octanol–water partition coefficient (Wildman–Crippen LogP) is 0.778. The van der Waals surface area contributed by atoms with Crippen molar-refractivity contribution in [2.45, 2.75) is 62.6 Å². The minimum Gasteiger partial charge on any atom is -0.432 e. The number of phosphoric acid groups is 1. The lowest BCUT2D eigenvalue weighted by molar-refractivity contribution is -0.0740. The lowest BCUT2D eigenvalue weighted by Crippen LogP contribution is -2.37. The first kappa shape index (κ1) is 29.7. The number of aryl methyl sites for hydroxylation is 1. The van der Waals surface area contributed by atoms with Crippen molar-refractivity contribution in [2.24, 2.45) is 0 Å². The number of nitrogens with two attached hydrogens (primary N) is 1. The number of nitrogens with zero attached hydrogens (tertiary/aromatic N) is 7. The van der Waals surface area contributed by atoms with Gasteiger partial charge in [-0.15, -0.1) is 0 Å². The molecule has 45 heavy (non-hydrogen) atoms. The van der Waals surface area contributed by atoms with Crippen LogP contribution in [0.15, 0.2) is 25.2 Å². The summed E-state index contributed by atoms with van der Waals surface area (Å²) in [6.45, 7) is 0.0148. The van der Waals surface area contributed by atoms with Crippen molar-refractivity contribution in [1.29, 1.82) is 0 Å². The molecule has 0 unspecified atom stereocenters. The number of nitrogens with one attached hydrogen (secondary N) is 1. The lowest BCUT2D eigenvalue weighted by Gasteiger charge is -2.22. The highest BCUT2D eigenvalue weighted by Gasteiger charge is 2.49. The molecule has 6 N–H and O–H groups in total. The molecular weight excluding hydrogens is 617 g/mol. The number of rotatable bonds is 8. The summed E-state index contributed by atoms with van der Waals surface area (Å²) in [4.78, 5) is 52.2. The first-order valence-electron chi connectivity index (χ1n) is 14.2. The standard InChI is InChI=1S/C25H30N9O10P/c26-20-17-23(31-9-28-20)34(11-32-17)24-19(18(35)14(43-24)8-41-45(37,38)39)44-25(36)40-7-13-3-4-15(42-13)33-6-12-2-1-5-27-21-16(12)22(33)30-10-29-21/h6,9-11,13-15,18-19,24,35H,1-5,7-8H2,(H2,26,28,31)(H,27,29,30)(H2,37,38,39)/t13-,14+,15+,18+,19+,24+/m0/s1. The van der Waals surface area contributed by atoms with Crippen LogP contribution in [0.1, 0.15) is 37.3 Å². The highest BCUT2D eigenvalue weighted by Crippen LogP contribution is 2.40. The lowest BCUT2D eigenvalue weighted by atomic mass is 10.1. The molecule has 6 atom stereocenters. The molecule has 2 saturated heterocycles. The molecule has 3 aliphatic rings. The molecule has 2 fully saturated rings. The molecule has 0 spiro atoms. The van der Waals surface area contributed by atoms with E-state index < -0.39 is 51.2 Å². The second kappa shape index (κ2) is 11.8. The van der Waals surface area contributed by atoms with Gasteiger partial charge in [0.2, 0.25) is 0 Å². The van der Waals surface area contributed by atoms with Crippen molar-refractivity contribution in [3.05, 3.63) is 30.7 Å². The summed E-state index contributed by atoms with van der Waals surface area (Å²) in [5.74, 6) is 0.890. The molecule has 19 nitrogen and oxygen atoms in total. The number of carbonyl (C=O) groups excluding carboxylic acids is 1. The number of aromatic nitrogens is 7. The van der Waals surface area contributed by atoms with Gasteiger partial charge in [0.05, 0.1) is 24.4 Å². The van der Waals surface area contributed by atoms with Crippen molar-refractivity contribution in [2.75, 3.05) is 30.8 Å². The molecule has 7 rings (SSSR count). The van der Waals surface area contributed by atoms with E-state index in [9.17, 15) is 14.5 Å². The van der Waals surface area contributed by atoms with E-state index in [1.54, 1.807) is 0 Å². The Morgan fingerprint density at radius 3 is 2.76 bits per heavy atom. The molecule has 7 heterocycles. The van der Waals surface area contributed by atoms with Gasteiger partial charge >= 0.3 is 14.0 Å². The molecule has 240 valence electrons. The smallest absolute Gasteiger partial charge is 0.432 e. The van der Waals surface area contributed by atoms with Crippen LogP contribution in [0, 0.1) is 0 Å². The molecule has 0 amide bonds. The minimum absolute atomic E-state index is 0.0855. The summed E-state index contributed by atoms with van der Waals surface area (Å²) in [6.07, 6.45) is 1.83. The van der Waals surface area contributed by atoms with Gasteiger partial charge in [0, 0.05) is 12.7 Å². The zero-order valence-corrected chi connectivity index (χ0v) is 24.5. The Morgan fingerprint density at radius 2 is 1.91 bits per heavy atom. The van der Waals surface area contributed by atoms with Gasteiger partial charge in [-0.3, -0.25) is 9.09 Å². The highest BCUT2D eigenvalue weighted by molar-refractivity contribution is 7.46. The Hall–Kier alpha value is -3.97. The monoisotopic (exact) mass is 647 g/mol. The van der Waals surface area contributed by atoms with Gasteiger partial charge in [-0.1, -0.05) is 0 Å². The molecule has 0 radical (unpaired) electrons.